The number of nitrogens with one attached hydrogen (secondary N) is 1. The third-order valence-corrected chi connectivity index (χ3v) is 4.32. The number of carbonyl (C=O) groups excluding carboxylic acids is 2. The largest absolute Gasteiger partial charge is 0.343 e. The Morgan fingerprint density at radius 2 is 1.93 bits per heavy atom. The first-order chi connectivity index (χ1) is 13.2. The van der Waals surface area contributed by atoms with Crippen LogP contribution in [0.2, 0.25) is 0 Å². The Morgan fingerprint density at radius 3 is 2.63 bits per heavy atom. The second kappa shape index (κ2) is 7.36. The molecule has 27 heavy (non-hydrogen) atoms. The van der Waals surface area contributed by atoms with Crippen LogP contribution in [-0.4, -0.2) is 33.5 Å². The van der Waals surface area contributed by atoms with Crippen LogP contribution >= 0.6 is 0 Å². The average molecular weight is 363 g/mol. The van der Waals surface area contributed by atoms with Gasteiger partial charge in [0, 0.05) is 42.2 Å². The van der Waals surface area contributed by atoms with E-state index in [1.165, 1.54) is 0 Å². The average Bonchev–Trinajstić information content (AvgIpc) is 3.36. The van der Waals surface area contributed by atoms with Gasteiger partial charge in [0.15, 0.2) is 0 Å². The minimum absolute atomic E-state index is 0.119. The number of pyridine rings is 1. The van der Waals surface area contributed by atoms with Crippen molar-refractivity contribution in [3.8, 4) is 11.4 Å². The number of amides is 2. The van der Waals surface area contributed by atoms with Crippen molar-refractivity contribution in [3.05, 3.63) is 60.2 Å². The van der Waals surface area contributed by atoms with Crippen LogP contribution in [0.15, 0.2) is 53.3 Å². The zero-order chi connectivity index (χ0) is 18.6. The van der Waals surface area contributed by atoms with Gasteiger partial charge >= 0.3 is 0 Å². The summed E-state index contributed by atoms with van der Waals surface area (Å²) in [5, 5.41) is 6.65. The molecule has 3 aromatic rings. The van der Waals surface area contributed by atoms with Crippen molar-refractivity contribution < 1.29 is 14.1 Å². The van der Waals surface area contributed by atoms with E-state index in [4.69, 9.17) is 4.52 Å². The number of benzene rings is 1. The second-order valence-electron chi connectivity index (χ2n) is 6.13. The topological polar surface area (TPSA) is 101 Å². The van der Waals surface area contributed by atoms with E-state index in [1.807, 2.05) is 0 Å². The fraction of sp³-hybridized carbons (Fsp3) is 0.211. The van der Waals surface area contributed by atoms with Crippen molar-refractivity contribution in [2.45, 2.75) is 19.4 Å². The van der Waals surface area contributed by atoms with Gasteiger partial charge in [-0.2, -0.15) is 4.98 Å². The Morgan fingerprint density at radius 1 is 1.15 bits per heavy atom. The molecule has 1 aromatic carbocycles. The molecule has 0 bridgehead atoms. The van der Waals surface area contributed by atoms with Crippen LogP contribution < -0.4 is 10.2 Å². The minimum atomic E-state index is -0.252. The summed E-state index contributed by atoms with van der Waals surface area (Å²) in [6.45, 7) is 0.852. The molecule has 1 aliphatic rings. The van der Waals surface area contributed by atoms with Gasteiger partial charge in [-0.05, 0) is 42.8 Å². The molecule has 1 fully saturated rings. The molecule has 0 aliphatic carbocycles. The van der Waals surface area contributed by atoms with Crippen molar-refractivity contribution >= 4 is 17.5 Å². The zero-order valence-electron chi connectivity index (χ0n) is 14.5. The molecular weight excluding hydrogens is 346 g/mol. The Kier molecular flexibility index (Phi) is 4.61. The summed E-state index contributed by atoms with van der Waals surface area (Å²) in [6, 6.07) is 10.5. The molecule has 8 heteroatoms. The summed E-state index contributed by atoms with van der Waals surface area (Å²) in [5.41, 5.74) is 2.10. The molecule has 1 N–H and O–H groups in total. The monoisotopic (exact) mass is 363 g/mol. The summed E-state index contributed by atoms with van der Waals surface area (Å²) in [6.07, 6.45) is 4.74. The Labute approximate surface area is 155 Å². The fourth-order valence-corrected chi connectivity index (χ4v) is 2.92. The quantitative estimate of drug-likeness (QED) is 0.746. The standard InChI is InChI=1S/C19H17N5O3/c25-17-2-1-11-24(17)15-5-3-14(4-6-15)19(26)21-12-16-22-18(23-27-16)13-7-9-20-10-8-13/h3-10H,1-2,11-12H2,(H,21,26). The molecular formula is C19H17N5O3. The Bertz CT molecular complexity index is 953. The SMILES string of the molecule is O=C(NCc1nc(-c2ccncc2)no1)c1ccc(N2CCCC2=O)cc1. The molecule has 3 heterocycles. The normalized spacial score (nSPS) is 13.8. The summed E-state index contributed by atoms with van der Waals surface area (Å²) in [5.74, 6) is 0.627. The lowest BCUT2D eigenvalue weighted by molar-refractivity contribution is -0.117. The van der Waals surface area contributed by atoms with E-state index in [2.05, 4.69) is 20.4 Å². The molecule has 2 amide bonds. The van der Waals surface area contributed by atoms with Gasteiger partial charge in [-0.1, -0.05) is 5.16 Å². The predicted molar refractivity (Wildman–Crippen MR) is 96.7 cm³/mol. The van der Waals surface area contributed by atoms with Crippen molar-refractivity contribution in [2.75, 3.05) is 11.4 Å². The molecule has 0 unspecified atom stereocenters. The zero-order valence-corrected chi connectivity index (χ0v) is 14.5. The van der Waals surface area contributed by atoms with Crippen molar-refractivity contribution in [1.29, 1.82) is 0 Å². The number of nitrogens with zero attached hydrogens (tertiary/aromatic N) is 4. The van der Waals surface area contributed by atoms with Crippen LogP contribution in [-0.2, 0) is 11.3 Å². The molecule has 2 aromatic heterocycles. The molecule has 4 rings (SSSR count). The maximum absolute atomic E-state index is 12.3. The van der Waals surface area contributed by atoms with E-state index in [1.54, 1.807) is 53.7 Å². The van der Waals surface area contributed by atoms with E-state index in [-0.39, 0.29) is 18.4 Å². The van der Waals surface area contributed by atoms with Gasteiger partial charge in [0.05, 0.1) is 6.54 Å². The summed E-state index contributed by atoms with van der Waals surface area (Å²) < 4.78 is 5.16. The highest BCUT2D eigenvalue weighted by Crippen LogP contribution is 2.21. The molecule has 8 nitrogen and oxygen atoms in total. The number of aromatic nitrogens is 3. The molecule has 0 radical (unpaired) electrons. The maximum atomic E-state index is 12.3. The lowest BCUT2D eigenvalue weighted by Gasteiger charge is -2.15. The number of carbonyl (C=O) groups is 2. The molecule has 0 saturated carbocycles. The summed E-state index contributed by atoms with van der Waals surface area (Å²) >= 11 is 0. The van der Waals surface area contributed by atoms with Crippen molar-refractivity contribution in [3.63, 3.8) is 0 Å². The van der Waals surface area contributed by atoms with Crippen LogP contribution in [0, 0.1) is 0 Å². The summed E-state index contributed by atoms with van der Waals surface area (Å²) in [7, 11) is 0. The number of rotatable bonds is 5. The van der Waals surface area contributed by atoms with Gasteiger partial charge in [0.1, 0.15) is 0 Å². The lowest BCUT2D eigenvalue weighted by atomic mass is 10.2. The number of hydrogen-bond donors (Lipinski definition) is 1. The van der Waals surface area contributed by atoms with Crippen LogP contribution in [0.5, 0.6) is 0 Å². The van der Waals surface area contributed by atoms with E-state index >= 15 is 0 Å². The fourth-order valence-electron chi connectivity index (χ4n) is 2.92. The molecule has 0 atom stereocenters. The minimum Gasteiger partial charge on any atom is -0.343 e. The van der Waals surface area contributed by atoms with Crippen molar-refractivity contribution in [1.82, 2.24) is 20.4 Å². The van der Waals surface area contributed by atoms with Gasteiger partial charge in [-0.25, -0.2) is 0 Å². The number of hydrogen-bond acceptors (Lipinski definition) is 6. The highest BCUT2D eigenvalue weighted by Gasteiger charge is 2.21. The van der Waals surface area contributed by atoms with Crippen LogP contribution in [0.25, 0.3) is 11.4 Å². The van der Waals surface area contributed by atoms with Gasteiger partial charge in [0.2, 0.25) is 17.6 Å². The van der Waals surface area contributed by atoms with Crippen molar-refractivity contribution in [2.24, 2.45) is 0 Å². The smallest absolute Gasteiger partial charge is 0.251 e. The van der Waals surface area contributed by atoms with E-state index in [9.17, 15) is 9.59 Å². The van der Waals surface area contributed by atoms with E-state index in [0.29, 0.717) is 23.7 Å². The molecule has 0 spiro atoms. The van der Waals surface area contributed by atoms with Gasteiger partial charge < -0.3 is 14.7 Å². The van der Waals surface area contributed by atoms with Gasteiger partial charge in [-0.15, -0.1) is 0 Å². The van der Waals surface area contributed by atoms with E-state index in [0.717, 1.165) is 24.2 Å². The first-order valence-corrected chi connectivity index (χ1v) is 8.62. The van der Waals surface area contributed by atoms with Gasteiger partial charge in [-0.3, -0.25) is 14.6 Å². The Hall–Kier alpha value is -3.55. The Balaban J connectivity index is 1.37. The maximum Gasteiger partial charge on any atom is 0.251 e. The number of anilines is 1. The second-order valence-corrected chi connectivity index (χ2v) is 6.13. The first kappa shape index (κ1) is 16.9. The van der Waals surface area contributed by atoms with Crippen LogP contribution in [0.3, 0.4) is 0 Å². The van der Waals surface area contributed by atoms with Crippen LogP contribution in [0.4, 0.5) is 5.69 Å². The van der Waals surface area contributed by atoms with Gasteiger partial charge in [0.25, 0.3) is 5.91 Å². The third-order valence-electron chi connectivity index (χ3n) is 4.32. The highest BCUT2D eigenvalue weighted by molar-refractivity contribution is 5.97. The lowest BCUT2D eigenvalue weighted by Crippen LogP contribution is -2.25. The third kappa shape index (κ3) is 3.69. The first-order valence-electron chi connectivity index (χ1n) is 8.62. The summed E-state index contributed by atoms with van der Waals surface area (Å²) in [4.78, 5) is 34.0. The van der Waals surface area contributed by atoms with Crippen LogP contribution in [0.1, 0.15) is 29.1 Å². The molecule has 136 valence electrons. The molecule has 1 aliphatic heterocycles. The predicted octanol–water partition coefficient (Wildman–Crippen LogP) is 2.19. The molecule has 1 saturated heterocycles. The highest BCUT2D eigenvalue weighted by atomic mass is 16.5. The van der Waals surface area contributed by atoms with E-state index < -0.39 is 0 Å².